The van der Waals surface area contributed by atoms with Crippen LogP contribution >= 0.6 is 0 Å². The molecule has 4 rings (SSSR count). The molecule has 0 saturated carbocycles. The summed E-state index contributed by atoms with van der Waals surface area (Å²) in [5.74, 6) is 1.54. The Morgan fingerprint density at radius 3 is 2.36 bits per heavy atom. The highest BCUT2D eigenvalue weighted by molar-refractivity contribution is 5.77. The van der Waals surface area contributed by atoms with Crippen molar-refractivity contribution < 1.29 is 23.5 Å². The number of benzene rings is 2. The van der Waals surface area contributed by atoms with Crippen LogP contribution in [0.3, 0.4) is 0 Å². The number of carboxylic acid groups (broad SMARTS) is 1. The minimum absolute atomic E-state index is 0.488. The molecule has 8 nitrogen and oxygen atoms in total. The summed E-state index contributed by atoms with van der Waals surface area (Å²) in [6.45, 7) is 10.5. The van der Waals surface area contributed by atoms with Crippen LogP contribution in [0.2, 0.25) is 0 Å². The van der Waals surface area contributed by atoms with E-state index in [0.29, 0.717) is 37.2 Å². The second-order valence-electron chi connectivity index (χ2n) is 9.44. The Labute approximate surface area is 210 Å². The smallest absolute Gasteiger partial charge is 0.347 e. The van der Waals surface area contributed by atoms with Crippen molar-refractivity contribution >= 4 is 5.97 Å². The van der Waals surface area contributed by atoms with Crippen LogP contribution in [-0.4, -0.2) is 31.5 Å². The summed E-state index contributed by atoms with van der Waals surface area (Å²) in [6, 6.07) is 13.9. The molecule has 0 bridgehead atoms. The molecule has 0 amide bonds. The van der Waals surface area contributed by atoms with Gasteiger partial charge in [-0.2, -0.15) is 0 Å². The van der Waals surface area contributed by atoms with Gasteiger partial charge in [0, 0.05) is 18.7 Å². The molecular weight excluding hydrogens is 458 g/mol. The predicted molar refractivity (Wildman–Crippen MR) is 134 cm³/mol. The topological polar surface area (TPSA) is 102 Å². The van der Waals surface area contributed by atoms with Crippen molar-refractivity contribution in [2.75, 3.05) is 0 Å². The van der Waals surface area contributed by atoms with E-state index in [4.69, 9.17) is 18.6 Å². The van der Waals surface area contributed by atoms with Crippen LogP contribution in [0.1, 0.15) is 47.9 Å². The van der Waals surface area contributed by atoms with Gasteiger partial charge in [-0.3, -0.25) is 4.90 Å². The molecule has 4 aromatic rings. The normalized spacial score (nSPS) is 11.7. The first-order valence-electron chi connectivity index (χ1n) is 11.8. The molecule has 0 radical (unpaired) electrons. The second-order valence-corrected chi connectivity index (χ2v) is 9.44. The van der Waals surface area contributed by atoms with Gasteiger partial charge in [-0.05, 0) is 63.4 Å². The molecule has 2 aromatic heterocycles. The maximum atomic E-state index is 11.5. The molecule has 1 N–H and O–H groups in total. The Kier molecular flexibility index (Phi) is 7.26. The zero-order valence-electron chi connectivity index (χ0n) is 21.2. The Morgan fingerprint density at radius 2 is 1.75 bits per heavy atom. The van der Waals surface area contributed by atoms with E-state index in [0.717, 1.165) is 33.7 Å². The minimum atomic E-state index is -1.32. The lowest BCUT2D eigenvalue weighted by Gasteiger charge is -2.25. The van der Waals surface area contributed by atoms with Gasteiger partial charge in [-0.1, -0.05) is 30.3 Å². The van der Waals surface area contributed by atoms with Gasteiger partial charge in [-0.25, -0.2) is 14.8 Å². The fourth-order valence-corrected chi connectivity index (χ4v) is 4.03. The average molecular weight is 490 g/mol. The fraction of sp³-hybridized carbons (Fsp3) is 0.321. The number of nitrogens with zero attached hydrogens (tertiary/aromatic N) is 3. The summed E-state index contributed by atoms with van der Waals surface area (Å²) in [6.07, 6.45) is 3.19. The van der Waals surface area contributed by atoms with Gasteiger partial charge in [0.25, 0.3) is 0 Å². The summed E-state index contributed by atoms with van der Waals surface area (Å²) < 4.78 is 17.3. The van der Waals surface area contributed by atoms with E-state index in [-0.39, 0.29) is 0 Å². The minimum Gasteiger partial charge on any atom is -0.478 e. The van der Waals surface area contributed by atoms with Gasteiger partial charge in [0.05, 0.1) is 18.4 Å². The standard InChI is InChI=1S/C28H31N3O5/c1-18-13-21(14-19(2)25(18)36-28(4,5)27(32)33)15-31(17-24-29-11-12-34-24)16-23-20(3)35-26(30-23)22-9-7-6-8-10-22/h6-14H,15-17H2,1-5H3,(H,32,33). The van der Waals surface area contributed by atoms with E-state index in [2.05, 4.69) is 9.88 Å². The van der Waals surface area contributed by atoms with E-state index in [1.807, 2.05) is 63.2 Å². The third-order valence-electron chi connectivity index (χ3n) is 5.93. The van der Waals surface area contributed by atoms with Crippen molar-refractivity contribution in [1.29, 1.82) is 0 Å². The quantitative estimate of drug-likeness (QED) is 0.303. The van der Waals surface area contributed by atoms with Crippen LogP contribution in [0.5, 0.6) is 5.75 Å². The number of hydrogen-bond donors (Lipinski definition) is 1. The Balaban J connectivity index is 1.59. The maximum absolute atomic E-state index is 11.5. The molecule has 0 atom stereocenters. The number of hydrogen-bond acceptors (Lipinski definition) is 7. The van der Waals surface area contributed by atoms with Crippen molar-refractivity contribution in [3.63, 3.8) is 0 Å². The Hall–Kier alpha value is -3.91. The zero-order chi connectivity index (χ0) is 25.9. The zero-order valence-corrected chi connectivity index (χ0v) is 21.2. The van der Waals surface area contributed by atoms with Crippen molar-refractivity contribution in [2.45, 2.75) is 59.9 Å². The number of carbonyl (C=O) groups is 1. The first-order chi connectivity index (χ1) is 17.1. The number of aliphatic carboxylic acids is 1. The monoisotopic (exact) mass is 489 g/mol. The lowest BCUT2D eigenvalue weighted by molar-refractivity contribution is -0.152. The molecule has 2 aromatic carbocycles. The van der Waals surface area contributed by atoms with E-state index in [9.17, 15) is 9.90 Å². The van der Waals surface area contributed by atoms with Crippen LogP contribution in [-0.2, 0) is 24.4 Å². The highest BCUT2D eigenvalue weighted by Gasteiger charge is 2.30. The molecule has 0 aliphatic rings. The maximum Gasteiger partial charge on any atom is 0.347 e. The molecule has 0 fully saturated rings. The van der Waals surface area contributed by atoms with Crippen LogP contribution in [0.4, 0.5) is 0 Å². The molecule has 188 valence electrons. The average Bonchev–Trinajstić information content (AvgIpc) is 3.46. The van der Waals surface area contributed by atoms with Crippen molar-refractivity contribution in [3.8, 4) is 17.2 Å². The van der Waals surface area contributed by atoms with Crippen molar-refractivity contribution in [3.05, 3.63) is 89.0 Å². The molecule has 0 unspecified atom stereocenters. The summed E-state index contributed by atoms with van der Waals surface area (Å²) >= 11 is 0. The predicted octanol–water partition coefficient (Wildman–Crippen LogP) is 5.70. The molecule has 0 aliphatic carbocycles. The van der Waals surface area contributed by atoms with Crippen molar-refractivity contribution in [2.24, 2.45) is 0 Å². The molecule has 0 aliphatic heterocycles. The van der Waals surface area contributed by atoms with Gasteiger partial charge < -0.3 is 18.7 Å². The third kappa shape index (κ3) is 5.83. The van der Waals surface area contributed by atoms with E-state index in [1.54, 1.807) is 26.3 Å². The molecule has 2 heterocycles. The second kappa shape index (κ2) is 10.4. The van der Waals surface area contributed by atoms with E-state index in [1.165, 1.54) is 0 Å². The summed E-state index contributed by atoms with van der Waals surface area (Å²) in [7, 11) is 0. The number of oxazole rings is 2. The van der Waals surface area contributed by atoms with Crippen LogP contribution in [0.25, 0.3) is 11.5 Å². The molecule has 36 heavy (non-hydrogen) atoms. The number of aryl methyl sites for hydroxylation is 3. The summed E-state index contributed by atoms with van der Waals surface area (Å²) in [5.41, 5.74) is 3.25. The lowest BCUT2D eigenvalue weighted by Crippen LogP contribution is -2.38. The van der Waals surface area contributed by atoms with Gasteiger partial charge in [0.15, 0.2) is 5.60 Å². The molecule has 8 heteroatoms. The number of carboxylic acids is 1. The first kappa shape index (κ1) is 25.2. The van der Waals surface area contributed by atoms with Gasteiger partial charge in [0.2, 0.25) is 11.8 Å². The Morgan fingerprint density at radius 1 is 1.06 bits per heavy atom. The first-order valence-corrected chi connectivity index (χ1v) is 11.8. The van der Waals surface area contributed by atoms with E-state index >= 15 is 0 Å². The fourth-order valence-electron chi connectivity index (χ4n) is 4.03. The molecular formula is C28H31N3O5. The van der Waals surface area contributed by atoms with Crippen LogP contribution < -0.4 is 4.74 Å². The van der Waals surface area contributed by atoms with Crippen LogP contribution in [0.15, 0.2) is 63.8 Å². The highest BCUT2D eigenvalue weighted by Crippen LogP contribution is 2.30. The van der Waals surface area contributed by atoms with Gasteiger partial charge >= 0.3 is 5.97 Å². The van der Waals surface area contributed by atoms with Crippen LogP contribution in [0, 0.1) is 20.8 Å². The lowest BCUT2D eigenvalue weighted by atomic mass is 10.0. The highest BCUT2D eigenvalue weighted by atomic mass is 16.5. The number of rotatable bonds is 10. The largest absolute Gasteiger partial charge is 0.478 e. The third-order valence-corrected chi connectivity index (χ3v) is 5.93. The number of ether oxygens (including phenoxy) is 1. The SMILES string of the molecule is Cc1cc(CN(Cc2ncco2)Cc2nc(-c3ccccc3)oc2C)cc(C)c1OC(C)(C)C(=O)O. The number of aromatic nitrogens is 2. The van der Waals surface area contributed by atoms with Gasteiger partial charge in [-0.15, -0.1) is 0 Å². The molecule has 0 spiro atoms. The summed E-state index contributed by atoms with van der Waals surface area (Å²) in [5, 5.41) is 9.46. The van der Waals surface area contributed by atoms with Gasteiger partial charge in [0.1, 0.15) is 17.8 Å². The Bertz CT molecular complexity index is 1300. The summed E-state index contributed by atoms with van der Waals surface area (Å²) in [4.78, 5) is 22.8. The van der Waals surface area contributed by atoms with Crippen molar-refractivity contribution in [1.82, 2.24) is 14.9 Å². The molecule has 0 saturated heterocycles. The van der Waals surface area contributed by atoms with E-state index < -0.39 is 11.6 Å².